The summed E-state index contributed by atoms with van der Waals surface area (Å²) in [6, 6.07) is 0. The molecular weight excluding hydrogens is 148 g/mol. The molecule has 0 saturated heterocycles. The highest BCUT2D eigenvalue weighted by Crippen LogP contribution is 2.27. The van der Waals surface area contributed by atoms with Crippen LogP contribution in [-0.4, -0.2) is 0 Å². The van der Waals surface area contributed by atoms with Crippen LogP contribution in [0.2, 0.25) is 0 Å². The van der Waals surface area contributed by atoms with Gasteiger partial charge in [0.15, 0.2) is 0 Å². The van der Waals surface area contributed by atoms with E-state index in [2.05, 4.69) is 31.9 Å². The zero-order valence-corrected chi connectivity index (χ0v) is 4.93. The van der Waals surface area contributed by atoms with Crippen molar-refractivity contribution in [3.05, 3.63) is 0 Å². The van der Waals surface area contributed by atoms with E-state index >= 15 is 0 Å². The zero-order valence-electron chi connectivity index (χ0n) is 2.52. The Hall–Kier alpha value is 0.600. The van der Waals surface area contributed by atoms with Crippen LogP contribution < -0.4 is 0 Å². The van der Waals surface area contributed by atoms with Gasteiger partial charge in [-0.15, -0.1) is 0 Å². The first-order chi connectivity index (χ1) is 2.81. The van der Waals surface area contributed by atoms with Crippen LogP contribution in [0.15, 0.2) is 0 Å². The second-order valence-electron chi connectivity index (χ2n) is 0.395. The SMILES string of the molecule is N=[P+](OCl)OCl. The van der Waals surface area contributed by atoms with Crippen molar-refractivity contribution in [3.8, 4) is 0 Å². The topological polar surface area (TPSA) is 42.3 Å². The Labute approximate surface area is 45.9 Å². The van der Waals surface area contributed by atoms with Crippen molar-refractivity contribution >= 4 is 31.9 Å². The molecule has 0 aliphatic rings. The van der Waals surface area contributed by atoms with E-state index in [1.54, 1.807) is 0 Å². The molecule has 36 valence electrons. The smallest absolute Gasteiger partial charge is 0.0609 e. The average molecular weight is 149 g/mol. The van der Waals surface area contributed by atoms with Gasteiger partial charge in [-0.2, -0.15) is 0 Å². The predicted octanol–water partition coefficient (Wildman–Crippen LogP) is 2.40. The van der Waals surface area contributed by atoms with Crippen LogP contribution in [0.1, 0.15) is 0 Å². The van der Waals surface area contributed by atoms with Gasteiger partial charge in [0.25, 0.3) is 0 Å². The Morgan fingerprint density at radius 3 is 1.67 bits per heavy atom. The van der Waals surface area contributed by atoms with Crippen molar-refractivity contribution < 1.29 is 8.15 Å². The second-order valence-corrected chi connectivity index (χ2v) is 2.01. The molecule has 0 atom stereocenters. The maximum atomic E-state index is 6.43. The Bertz CT molecular complexity index is 49.5. The van der Waals surface area contributed by atoms with E-state index in [0.29, 0.717) is 0 Å². The van der Waals surface area contributed by atoms with Gasteiger partial charge in [-0.25, -0.2) is 0 Å². The van der Waals surface area contributed by atoms with E-state index < -0.39 is 8.17 Å². The molecule has 0 rings (SSSR count). The summed E-state index contributed by atoms with van der Waals surface area (Å²) < 4.78 is 7.50. The Balaban J connectivity index is 2.99. The van der Waals surface area contributed by atoms with Crippen LogP contribution in [0.4, 0.5) is 0 Å². The molecule has 0 amide bonds. The molecule has 3 nitrogen and oxygen atoms in total. The van der Waals surface area contributed by atoms with Gasteiger partial charge in [0.1, 0.15) is 23.7 Å². The lowest BCUT2D eigenvalue weighted by Gasteiger charge is -1.63. The van der Waals surface area contributed by atoms with Crippen LogP contribution in [0.5, 0.6) is 0 Å². The molecule has 0 aliphatic heterocycles. The standard InChI is InChI=1S/Cl2HNO2P/c1-4-6(3)5-2/h3H/q+1. The summed E-state index contributed by atoms with van der Waals surface area (Å²) in [4.78, 5) is 0. The molecular formula is HCl2NO2P+. The van der Waals surface area contributed by atoms with Crippen molar-refractivity contribution in [1.29, 1.82) is 5.16 Å². The number of hydrogen-bond acceptors (Lipinski definition) is 3. The third-order valence-corrected chi connectivity index (χ3v) is 1.13. The summed E-state index contributed by atoms with van der Waals surface area (Å²) in [5, 5.41) is 6.43. The minimum absolute atomic E-state index is 1.80. The lowest BCUT2D eigenvalue weighted by atomic mass is 14.0. The highest BCUT2D eigenvalue weighted by molar-refractivity contribution is 7.37. The molecule has 0 radical (unpaired) electrons. The Kier molecular flexibility index (Phi) is 4.16. The van der Waals surface area contributed by atoms with E-state index in [0.717, 1.165) is 0 Å². The maximum absolute atomic E-state index is 6.43. The Morgan fingerprint density at radius 1 is 1.33 bits per heavy atom. The summed E-state index contributed by atoms with van der Waals surface area (Å²) in [5.41, 5.74) is 0. The molecule has 0 bridgehead atoms. The van der Waals surface area contributed by atoms with E-state index in [1.807, 2.05) is 0 Å². The van der Waals surface area contributed by atoms with Crippen molar-refractivity contribution in [1.82, 2.24) is 0 Å². The summed E-state index contributed by atoms with van der Waals surface area (Å²) >= 11 is 9.17. The van der Waals surface area contributed by atoms with E-state index in [4.69, 9.17) is 5.16 Å². The van der Waals surface area contributed by atoms with Crippen molar-refractivity contribution in [2.45, 2.75) is 0 Å². The van der Waals surface area contributed by atoms with Crippen LogP contribution in [0.3, 0.4) is 0 Å². The number of rotatable bonds is 2. The van der Waals surface area contributed by atoms with E-state index in [9.17, 15) is 0 Å². The second kappa shape index (κ2) is 3.78. The molecule has 0 aromatic rings. The first kappa shape index (κ1) is 6.60. The van der Waals surface area contributed by atoms with E-state index in [1.165, 1.54) is 0 Å². The van der Waals surface area contributed by atoms with Crippen molar-refractivity contribution in [2.75, 3.05) is 0 Å². The summed E-state index contributed by atoms with van der Waals surface area (Å²) in [6.45, 7) is 0. The normalized spacial score (nSPS) is 8.33. The van der Waals surface area contributed by atoms with Gasteiger partial charge in [-0.1, -0.05) is 5.16 Å². The number of nitrogens with one attached hydrogen (secondary N) is 1. The molecule has 0 heterocycles. The first-order valence-corrected chi connectivity index (χ1v) is 2.69. The minimum atomic E-state index is -1.80. The monoisotopic (exact) mass is 148 g/mol. The van der Waals surface area contributed by atoms with Crippen LogP contribution in [-0.2, 0) is 8.15 Å². The van der Waals surface area contributed by atoms with E-state index in [-0.39, 0.29) is 0 Å². The van der Waals surface area contributed by atoms with Crippen LogP contribution in [0, 0.1) is 5.16 Å². The molecule has 0 spiro atoms. The van der Waals surface area contributed by atoms with Gasteiger partial charge in [-0.05, 0) is 8.15 Å². The molecule has 0 saturated carbocycles. The van der Waals surface area contributed by atoms with Gasteiger partial charge < -0.3 is 0 Å². The maximum Gasteiger partial charge on any atom is 0.594 e. The molecule has 0 aromatic heterocycles. The molecule has 6 heteroatoms. The fraction of sp³-hybridized carbons (Fsp3) is 0. The molecule has 6 heavy (non-hydrogen) atoms. The Morgan fingerprint density at radius 2 is 1.67 bits per heavy atom. The van der Waals surface area contributed by atoms with Gasteiger partial charge in [0.05, 0.1) is 0 Å². The predicted molar refractivity (Wildman–Crippen MR) is 23.5 cm³/mol. The molecule has 0 aromatic carbocycles. The van der Waals surface area contributed by atoms with Gasteiger partial charge in [0, 0.05) is 0 Å². The highest BCUT2D eigenvalue weighted by Gasteiger charge is 2.09. The quantitative estimate of drug-likeness (QED) is 0.612. The fourth-order valence-corrected chi connectivity index (χ4v) is 0.287. The fourth-order valence-electron chi connectivity index (χ4n) is 0.0106. The highest BCUT2D eigenvalue weighted by atomic mass is 35.5. The number of halogens is 2. The summed E-state index contributed by atoms with van der Waals surface area (Å²) in [6.07, 6.45) is 0. The molecule has 0 aliphatic carbocycles. The lowest BCUT2D eigenvalue weighted by molar-refractivity contribution is 0.561. The lowest BCUT2D eigenvalue weighted by Crippen LogP contribution is -1.50. The average Bonchev–Trinajstić information content (AvgIpc) is 1.65. The molecule has 0 unspecified atom stereocenters. The summed E-state index contributed by atoms with van der Waals surface area (Å²) in [5.74, 6) is 0. The molecule has 0 fully saturated rings. The minimum Gasteiger partial charge on any atom is -0.0609 e. The first-order valence-electron chi connectivity index (χ1n) is 0.897. The van der Waals surface area contributed by atoms with Crippen LogP contribution >= 0.6 is 31.9 Å². The van der Waals surface area contributed by atoms with Crippen molar-refractivity contribution in [3.63, 3.8) is 0 Å². The van der Waals surface area contributed by atoms with Gasteiger partial charge >= 0.3 is 8.17 Å². The summed E-state index contributed by atoms with van der Waals surface area (Å²) in [7, 11) is -1.80. The number of hydrogen-bond donors (Lipinski definition) is 1. The third-order valence-electron chi connectivity index (χ3n) is 0.125. The van der Waals surface area contributed by atoms with Crippen molar-refractivity contribution in [2.24, 2.45) is 0 Å². The largest absolute Gasteiger partial charge is 0.594 e. The van der Waals surface area contributed by atoms with Gasteiger partial charge in [0.2, 0.25) is 0 Å². The molecule has 1 N–H and O–H groups in total. The third kappa shape index (κ3) is 2.82. The van der Waals surface area contributed by atoms with Crippen LogP contribution in [0.25, 0.3) is 0 Å². The van der Waals surface area contributed by atoms with Gasteiger partial charge in [-0.3, -0.25) is 0 Å². The zero-order chi connectivity index (χ0) is 4.99.